The zero-order chi connectivity index (χ0) is 14.8. The van der Waals surface area contributed by atoms with Gasteiger partial charge in [0.05, 0.1) is 36.3 Å². The summed E-state index contributed by atoms with van der Waals surface area (Å²) in [5.74, 6) is -0.746. The lowest BCUT2D eigenvalue weighted by Gasteiger charge is -2.24. The number of fused-ring (bicyclic) bond motifs is 5. The second kappa shape index (κ2) is 3.95. The van der Waals surface area contributed by atoms with Crippen molar-refractivity contribution in [3.05, 3.63) is 36.4 Å². The molecule has 3 aliphatic heterocycles. The van der Waals surface area contributed by atoms with Crippen molar-refractivity contribution < 1.29 is 19.1 Å². The van der Waals surface area contributed by atoms with Gasteiger partial charge < -0.3 is 9.47 Å². The molecule has 5 heteroatoms. The van der Waals surface area contributed by atoms with E-state index in [-0.39, 0.29) is 17.9 Å². The molecule has 0 aliphatic carbocycles. The standard InChI is InChI=1S/C16H15NO4/c1-16-8-7-11(21-16)12-13(16)15(19)17(14(12)18)9-5-3-4-6-10(9)20-2/h3-8,11-13H,1-2H3/t11-,12+,13+,16-/m0/s1. The van der Waals surface area contributed by atoms with Crippen LogP contribution in [0.3, 0.4) is 0 Å². The molecule has 4 atom stereocenters. The Morgan fingerprint density at radius 1 is 1.24 bits per heavy atom. The number of para-hydroxylation sites is 2. The predicted molar refractivity (Wildman–Crippen MR) is 74.9 cm³/mol. The van der Waals surface area contributed by atoms with Crippen molar-refractivity contribution in [3.63, 3.8) is 0 Å². The van der Waals surface area contributed by atoms with Gasteiger partial charge in [0.1, 0.15) is 5.75 Å². The molecule has 0 radical (unpaired) electrons. The van der Waals surface area contributed by atoms with E-state index in [4.69, 9.17) is 9.47 Å². The van der Waals surface area contributed by atoms with Crippen LogP contribution in [0.5, 0.6) is 5.75 Å². The molecule has 108 valence electrons. The number of imide groups is 1. The number of rotatable bonds is 2. The first-order valence-electron chi connectivity index (χ1n) is 6.95. The molecule has 0 spiro atoms. The number of hydrogen-bond acceptors (Lipinski definition) is 4. The Balaban J connectivity index is 1.80. The summed E-state index contributed by atoms with van der Waals surface area (Å²) in [4.78, 5) is 26.8. The topological polar surface area (TPSA) is 55.8 Å². The third-order valence-corrected chi connectivity index (χ3v) is 4.66. The Labute approximate surface area is 122 Å². The minimum Gasteiger partial charge on any atom is -0.495 e. The average Bonchev–Trinajstić information content (AvgIpc) is 3.08. The van der Waals surface area contributed by atoms with Crippen molar-refractivity contribution in [1.82, 2.24) is 0 Å². The third-order valence-electron chi connectivity index (χ3n) is 4.66. The second-order valence-corrected chi connectivity index (χ2v) is 5.81. The number of benzene rings is 1. The highest BCUT2D eigenvalue weighted by molar-refractivity contribution is 6.23. The first-order chi connectivity index (χ1) is 10.1. The van der Waals surface area contributed by atoms with Crippen LogP contribution in [0, 0.1) is 11.8 Å². The van der Waals surface area contributed by atoms with Crippen LogP contribution in [0.4, 0.5) is 5.69 Å². The van der Waals surface area contributed by atoms with Crippen LogP contribution < -0.4 is 9.64 Å². The fourth-order valence-electron chi connectivity index (χ4n) is 3.70. The molecule has 0 unspecified atom stereocenters. The fourth-order valence-corrected chi connectivity index (χ4v) is 3.70. The van der Waals surface area contributed by atoms with Crippen molar-refractivity contribution >= 4 is 17.5 Å². The lowest BCUT2D eigenvalue weighted by atomic mass is 9.78. The summed E-state index contributed by atoms with van der Waals surface area (Å²) in [5, 5.41) is 0. The summed E-state index contributed by atoms with van der Waals surface area (Å²) in [6.07, 6.45) is 3.49. The average molecular weight is 285 g/mol. The number of hydrogen-bond donors (Lipinski definition) is 0. The minimum absolute atomic E-state index is 0.201. The highest BCUT2D eigenvalue weighted by Gasteiger charge is 2.66. The molecule has 0 N–H and O–H groups in total. The molecular weight excluding hydrogens is 270 g/mol. The van der Waals surface area contributed by atoms with Gasteiger partial charge in [-0.1, -0.05) is 24.3 Å². The molecule has 3 aliphatic rings. The number of nitrogens with zero attached hydrogens (tertiary/aromatic N) is 1. The van der Waals surface area contributed by atoms with Crippen LogP contribution in [0.25, 0.3) is 0 Å². The first kappa shape index (κ1) is 12.6. The molecule has 21 heavy (non-hydrogen) atoms. The number of amides is 2. The summed E-state index contributed by atoms with van der Waals surface area (Å²) < 4.78 is 11.1. The van der Waals surface area contributed by atoms with E-state index in [9.17, 15) is 9.59 Å². The number of carbonyl (C=O) groups excluding carboxylic acids is 2. The van der Waals surface area contributed by atoms with E-state index < -0.39 is 17.4 Å². The van der Waals surface area contributed by atoms with Crippen LogP contribution in [-0.2, 0) is 14.3 Å². The van der Waals surface area contributed by atoms with Gasteiger partial charge in [-0.2, -0.15) is 0 Å². The molecule has 2 saturated heterocycles. The largest absolute Gasteiger partial charge is 0.495 e. The van der Waals surface area contributed by atoms with Crippen LogP contribution in [0.1, 0.15) is 6.92 Å². The number of carbonyl (C=O) groups is 2. The van der Waals surface area contributed by atoms with Crippen molar-refractivity contribution in [2.75, 3.05) is 12.0 Å². The molecule has 3 heterocycles. The summed E-state index contributed by atoms with van der Waals surface area (Å²) >= 11 is 0. The molecular formula is C16H15NO4. The molecule has 2 fully saturated rings. The van der Waals surface area contributed by atoms with Gasteiger partial charge in [-0.15, -0.1) is 0 Å². The van der Waals surface area contributed by atoms with E-state index in [0.717, 1.165) is 0 Å². The van der Waals surface area contributed by atoms with Gasteiger partial charge in [-0.3, -0.25) is 9.59 Å². The maximum atomic E-state index is 12.8. The lowest BCUT2D eigenvalue weighted by Crippen LogP contribution is -2.38. The van der Waals surface area contributed by atoms with Gasteiger partial charge in [-0.05, 0) is 19.1 Å². The monoisotopic (exact) mass is 285 g/mol. The summed E-state index contributed by atoms with van der Waals surface area (Å²) in [6.45, 7) is 1.87. The van der Waals surface area contributed by atoms with Gasteiger partial charge in [0, 0.05) is 0 Å². The second-order valence-electron chi connectivity index (χ2n) is 5.81. The van der Waals surface area contributed by atoms with E-state index in [1.165, 1.54) is 12.0 Å². The zero-order valence-electron chi connectivity index (χ0n) is 11.8. The SMILES string of the molecule is COc1ccccc1N1C(=O)[C@@H]2[C@@H]3C=C[C@](C)(O3)[C@H]2C1=O. The fraction of sp³-hybridized carbons (Fsp3) is 0.375. The zero-order valence-corrected chi connectivity index (χ0v) is 11.8. The first-order valence-corrected chi connectivity index (χ1v) is 6.95. The molecule has 0 saturated carbocycles. The van der Waals surface area contributed by atoms with Gasteiger partial charge >= 0.3 is 0 Å². The van der Waals surface area contributed by atoms with Crippen molar-refractivity contribution in [1.29, 1.82) is 0 Å². The summed E-state index contributed by atoms with van der Waals surface area (Å²) in [7, 11) is 1.53. The van der Waals surface area contributed by atoms with Gasteiger partial charge in [-0.25, -0.2) is 4.90 Å². The smallest absolute Gasteiger partial charge is 0.241 e. The molecule has 0 aromatic heterocycles. The predicted octanol–water partition coefficient (Wildman–Crippen LogP) is 1.53. The minimum atomic E-state index is -0.668. The van der Waals surface area contributed by atoms with Gasteiger partial charge in [0.25, 0.3) is 0 Å². The van der Waals surface area contributed by atoms with Crippen LogP contribution in [0.2, 0.25) is 0 Å². The van der Waals surface area contributed by atoms with Crippen molar-refractivity contribution in [2.45, 2.75) is 18.6 Å². The Morgan fingerprint density at radius 3 is 2.71 bits per heavy atom. The van der Waals surface area contributed by atoms with E-state index in [1.54, 1.807) is 18.2 Å². The summed E-state index contributed by atoms with van der Waals surface area (Å²) in [5.41, 5.74) is -0.161. The van der Waals surface area contributed by atoms with Crippen LogP contribution >= 0.6 is 0 Å². The number of methoxy groups -OCH3 is 1. The maximum absolute atomic E-state index is 12.8. The molecule has 1 aromatic carbocycles. The Bertz CT molecular complexity index is 683. The van der Waals surface area contributed by atoms with E-state index >= 15 is 0 Å². The molecule has 1 aromatic rings. The Hall–Kier alpha value is -2.14. The molecule has 2 bridgehead atoms. The maximum Gasteiger partial charge on any atom is 0.241 e. The van der Waals surface area contributed by atoms with E-state index in [0.29, 0.717) is 11.4 Å². The van der Waals surface area contributed by atoms with Crippen molar-refractivity contribution in [3.8, 4) is 5.75 Å². The van der Waals surface area contributed by atoms with Gasteiger partial charge in [0.15, 0.2) is 0 Å². The quantitative estimate of drug-likeness (QED) is 0.611. The van der Waals surface area contributed by atoms with Crippen LogP contribution in [0.15, 0.2) is 36.4 Å². The third kappa shape index (κ3) is 1.44. The normalized spacial score (nSPS) is 36.5. The number of ether oxygens (including phenoxy) is 2. The van der Waals surface area contributed by atoms with Crippen LogP contribution in [-0.4, -0.2) is 30.6 Å². The molecule has 5 nitrogen and oxygen atoms in total. The number of anilines is 1. The van der Waals surface area contributed by atoms with E-state index in [2.05, 4.69) is 0 Å². The highest BCUT2D eigenvalue weighted by atomic mass is 16.5. The molecule has 2 amide bonds. The Morgan fingerprint density at radius 2 is 2.00 bits per heavy atom. The summed E-state index contributed by atoms with van der Waals surface area (Å²) in [6, 6.07) is 7.07. The molecule has 4 rings (SSSR count). The highest BCUT2D eigenvalue weighted by Crippen LogP contribution is 2.52. The lowest BCUT2D eigenvalue weighted by molar-refractivity contribution is -0.126. The Kier molecular flexibility index (Phi) is 2.37. The van der Waals surface area contributed by atoms with E-state index in [1.807, 2.05) is 25.1 Å². The van der Waals surface area contributed by atoms with Crippen molar-refractivity contribution in [2.24, 2.45) is 11.8 Å². The van der Waals surface area contributed by atoms with Gasteiger partial charge in [0.2, 0.25) is 11.8 Å².